The molecule has 0 aliphatic rings. The molecule has 0 aliphatic heterocycles. The lowest BCUT2D eigenvalue weighted by molar-refractivity contribution is -0.126. The molecule has 0 bridgehead atoms. The highest BCUT2D eigenvalue weighted by molar-refractivity contribution is 7.10. The van der Waals surface area contributed by atoms with Gasteiger partial charge in [0, 0.05) is 4.88 Å². The summed E-state index contributed by atoms with van der Waals surface area (Å²) in [6.07, 6.45) is 0. The van der Waals surface area contributed by atoms with E-state index in [0.717, 1.165) is 10.4 Å². The topological polar surface area (TPSA) is 49.3 Å². The highest BCUT2D eigenvalue weighted by atomic mass is 32.1. The molecule has 1 atom stereocenters. The van der Waals surface area contributed by atoms with Crippen LogP contribution in [0.2, 0.25) is 0 Å². The third-order valence-corrected chi connectivity index (χ3v) is 4.59. The zero-order valence-electron chi connectivity index (χ0n) is 11.7. The number of thiophene rings is 1. The van der Waals surface area contributed by atoms with Crippen LogP contribution in [0.4, 0.5) is 0 Å². The van der Waals surface area contributed by atoms with E-state index < -0.39 is 5.41 Å². The molecule has 0 fully saturated rings. The molecule has 1 aromatic carbocycles. The smallest absolute Gasteiger partial charge is 0.231 e. The third-order valence-electron chi connectivity index (χ3n) is 3.39. The molecule has 4 heteroatoms. The van der Waals surface area contributed by atoms with Crippen molar-refractivity contribution < 1.29 is 9.90 Å². The van der Waals surface area contributed by atoms with Gasteiger partial charge in [-0.1, -0.05) is 36.4 Å². The molecule has 2 aromatic rings. The minimum atomic E-state index is -0.601. The Morgan fingerprint density at radius 2 is 1.95 bits per heavy atom. The molecule has 0 radical (unpaired) electrons. The van der Waals surface area contributed by atoms with Gasteiger partial charge in [0.2, 0.25) is 5.91 Å². The van der Waals surface area contributed by atoms with Crippen LogP contribution in [0.5, 0.6) is 0 Å². The van der Waals surface area contributed by atoms with Crippen molar-refractivity contribution >= 4 is 17.2 Å². The lowest BCUT2D eigenvalue weighted by atomic mass is 9.89. The van der Waals surface area contributed by atoms with E-state index >= 15 is 0 Å². The van der Waals surface area contributed by atoms with Crippen molar-refractivity contribution in [2.75, 3.05) is 6.61 Å². The molecule has 1 amide bonds. The van der Waals surface area contributed by atoms with E-state index in [1.54, 1.807) is 11.3 Å². The first-order valence-corrected chi connectivity index (χ1v) is 7.44. The number of carbonyl (C=O) groups excluding carboxylic acids is 1. The van der Waals surface area contributed by atoms with E-state index in [0.29, 0.717) is 0 Å². The molecule has 2 rings (SSSR count). The Bertz CT molecular complexity index is 549. The van der Waals surface area contributed by atoms with Crippen LogP contribution < -0.4 is 5.32 Å². The van der Waals surface area contributed by atoms with Crippen LogP contribution in [0, 0.1) is 0 Å². The van der Waals surface area contributed by atoms with E-state index in [9.17, 15) is 9.90 Å². The molecule has 1 heterocycles. The number of hydrogen-bond donors (Lipinski definition) is 2. The standard InChI is InChI=1S/C16H19NO2S/c1-16(2,14-9-6-10-20-14)15(19)17-13(11-18)12-7-4-3-5-8-12/h3-10,13,18H,11H2,1-2H3,(H,17,19)/t13-/m1/s1. The highest BCUT2D eigenvalue weighted by Crippen LogP contribution is 2.28. The second-order valence-corrected chi connectivity index (χ2v) is 6.17. The maximum atomic E-state index is 12.5. The summed E-state index contributed by atoms with van der Waals surface area (Å²) in [5.41, 5.74) is 0.307. The minimum Gasteiger partial charge on any atom is -0.394 e. The molecule has 0 unspecified atom stereocenters. The summed E-state index contributed by atoms with van der Waals surface area (Å²) in [6.45, 7) is 3.68. The normalized spacial score (nSPS) is 12.9. The molecular weight excluding hydrogens is 270 g/mol. The van der Waals surface area contributed by atoms with Crippen molar-refractivity contribution in [2.45, 2.75) is 25.3 Å². The van der Waals surface area contributed by atoms with E-state index in [-0.39, 0.29) is 18.6 Å². The van der Waals surface area contributed by atoms with Gasteiger partial charge in [-0.3, -0.25) is 4.79 Å². The van der Waals surface area contributed by atoms with Crippen LogP contribution in [0.3, 0.4) is 0 Å². The van der Waals surface area contributed by atoms with Crippen LogP contribution in [0.25, 0.3) is 0 Å². The molecular formula is C16H19NO2S. The zero-order chi connectivity index (χ0) is 14.6. The Labute approximate surface area is 123 Å². The van der Waals surface area contributed by atoms with Gasteiger partial charge in [-0.25, -0.2) is 0 Å². The van der Waals surface area contributed by atoms with Gasteiger partial charge in [0.05, 0.1) is 18.1 Å². The van der Waals surface area contributed by atoms with Gasteiger partial charge in [-0.15, -0.1) is 11.3 Å². The van der Waals surface area contributed by atoms with Gasteiger partial charge in [0.1, 0.15) is 0 Å². The fourth-order valence-corrected chi connectivity index (χ4v) is 2.85. The summed E-state index contributed by atoms with van der Waals surface area (Å²) in [5, 5.41) is 14.4. The monoisotopic (exact) mass is 289 g/mol. The first-order valence-electron chi connectivity index (χ1n) is 6.56. The van der Waals surface area contributed by atoms with Crippen molar-refractivity contribution in [1.29, 1.82) is 0 Å². The summed E-state index contributed by atoms with van der Waals surface area (Å²) < 4.78 is 0. The largest absolute Gasteiger partial charge is 0.394 e. The highest BCUT2D eigenvalue weighted by Gasteiger charge is 2.32. The van der Waals surface area contributed by atoms with Crippen LogP contribution in [-0.4, -0.2) is 17.6 Å². The Morgan fingerprint density at radius 3 is 2.50 bits per heavy atom. The Morgan fingerprint density at radius 1 is 1.25 bits per heavy atom. The fraction of sp³-hybridized carbons (Fsp3) is 0.312. The van der Waals surface area contributed by atoms with Gasteiger partial charge in [-0.05, 0) is 30.9 Å². The number of aliphatic hydroxyl groups is 1. The number of rotatable bonds is 5. The molecule has 20 heavy (non-hydrogen) atoms. The summed E-state index contributed by atoms with van der Waals surface area (Å²) in [5.74, 6) is -0.0807. The van der Waals surface area contributed by atoms with E-state index in [2.05, 4.69) is 5.32 Å². The SMILES string of the molecule is CC(C)(C(=O)N[C@H](CO)c1ccccc1)c1cccs1. The van der Waals surface area contributed by atoms with Crippen molar-refractivity contribution in [2.24, 2.45) is 0 Å². The lowest BCUT2D eigenvalue weighted by Crippen LogP contribution is -2.42. The number of aliphatic hydroxyl groups excluding tert-OH is 1. The second kappa shape index (κ2) is 6.20. The van der Waals surface area contributed by atoms with Gasteiger partial charge >= 0.3 is 0 Å². The maximum absolute atomic E-state index is 12.5. The molecule has 2 N–H and O–H groups in total. The number of benzene rings is 1. The average molecular weight is 289 g/mol. The van der Waals surface area contributed by atoms with Crippen LogP contribution in [0.1, 0.15) is 30.3 Å². The molecule has 1 aromatic heterocycles. The summed E-state index contributed by atoms with van der Waals surface area (Å²) in [4.78, 5) is 13.5. The van der Waals surface area contributed by atoms with E-state index in [1.165, 1.54) is 0 Å². The van der Waals surface area contributed by atoms with Gasteiger partial charge in [0.25, 0.3) is 0 Å². The predicted octanol–water partition coefficient (Wildman–Crippen LogP) is 2.88. The van der Waals surface area contributed by atoms with Crippen molar-refractivity contribution in [3.63, 3.8) is 0 Å². The fourth-order valence-electron chi connectivity index (χ4n) is 2.00. The third kappa shape index (κ3) is 3.08. The van der Waals surface area contributed by atoms with Gasteiger partial charge in [0.15, 0.2) is 0 Å². The summed E-state index contributed by atoms with van der Waals surface area (Å²) in [7, 11) is 0. The van der Waals surface area contributed by atoms with E-state index in [1.807, 2.05) is 61.7 Å². The maximum Gasteiger partial charge on any atom is 0.231 e. The van der Waals surface area contributed by atoms with Crippen LogP contribution in [-0.2, 0) is 10.2 Å². The molecule has 0 saturated carbocycles. The molecule has 0 spiro atoms. The molecule has 0 aliphatic carbocycles. The van der Waals surface area contributed by atoms with Crippen LogP contribution >= 0.6 is 11.3 Å². The molecule has 3 nitrogen and oxygen atoms in total. The number of carbonyl (C=O) groups is 1. The molecule has 0 saturated heterocycles. The van der Waals surface area contributed by atoms with Gasteiger partial charge in [-0.2, -0.15) is 0 Å². The zero-order valence-corrected chi connectivity index (χ0v) is 12.5. The molecule has 106 valence electrons. The first kappa shape index (κ1) is 14.8. The Kier molecular flexibility index (Phi) is 4.57. The van der Waals surface area contributed by atoms with E-state index in [4.69, 9.17) is 0 Å². The van der Waals surface area contributed by atoms with Gasteiger partial charge < -0.3 is 10.4 Å². The Balaban J connectivity index is 2.14. The van der Waals surface area contributed by atoms with Crippen molar-refractivity contribution in [3.05, 3.63) is 58.3 Å². The summed E-state index contributed by atoms with van der Waals surface area (Å²) >= 11 is 1.57. The number of nitrogens with one attached hydrogen (secondary N) is 1. The Hall–Kier alpha value is -1.65. The van der Waals surface area contributed by atoms with Crippen LogP contribution in [0.15, 0.2) is 47.8 Å². The first-order chi connectivity index (χ1) is 9.55. The van der Waals surface area contributed by atoms with Crippen molar-refractivity contribution in [3.8, 4) is 0 Å². The average Bonchev–Trinajstić information content (AvgIpc) is 3.00. The second-order valence-electron chi connectivity index (χ2n) is 5.22. The lowest BCUT2D eigenvalue weighted by Gasteiger charge is -2.26. The summed E-state index contributed by atoms with van der Waals surface area (Å²) in [6, 6.07) is 13.0. The van der Waals surface area contributed by atoms with Crippen molar-refractivity contribution in [1.82, 2.24) is 5.32 Å². The predicted molar refractivity (Wildman–Crippen MR) is 81.8 cm³/mol. The quantitative estimate of drug-likeness (QED) is 0.889. The number of amides is 1. The minimum absolute atomic E-state index is 0.0807. The number of hydrogen-bond acceptors (Lipinski definition) is 3.